The molecular weight excluding hydrogens is 333 g/mol. The monoisotopic (exact) mass is 349 g/mol. The van der Waals surface area contributed by atoms with Crippen LogP contribution in [-0.2, 0) is 4.74 Å². The lowest BCUT2D eigenvalue weighted by Crippen LogP contribution is -2.04. The van der Waals surface area contributed by atoms with Crippen LogP contribution in [0, 0.1) is 12.7 Å². The second-order valence-corrected chi connectivity index (χ2v) is 6.10. The highest BCUT2D eigenvalue weighted by Crippen LogP contribution is 2.39. The number of hydrogen-bond acceptors (Lipinski definition) is 3. The number of carbonyl (C=O) groups excluding carboxylic acids is 1. The molecule has 0 bridgehead atoms. The summed E-state index contributed by atoms with van der Waals surface area (Å²) in [6, 6.07) is 15.1. The number of fused-ring (bicyclic) bond motifs is 3. The maximum absolute atomic E-state index is 13.8. The van der Waals surface area contributed by atoms with Crippen LogP contribution >= 0.6 is 0 Å². The fraction of sp³-hybridized carbons (Fsp3) is 0.0952. The van der Waals surface area contributed by atoms with Gasteiger partial charge in [0, 0.05) is 27.5 Å². The first kappa shape index (κ1) is 16.1. The molecule has 0 aliphatic heterocycles. The molecule has 4 aromatic rings. The van der Waals surface area contributed by atoms with Gasteiger partial charge < -0.3 is 14.4 Å². The van der Waals surface area contributed by atoms with Crippen molar-refractivity contribution in [2.45, 2.75) is 6.92 Å². The number of ether oxygens (including phenoxy) is 1. The van der Waals surface area contributed by atoms with Crippen LogP contribution in [-0.4, -0.2) is 22.8 Å². The Labute approximate surface area is 149 Å². The molecule has 5 heteroatoms. The number of aromatic nitrogens is 1. The average molecular weight is 349 g/mol. The molecular formula is C21H16FNO3. The van der Waals surface area contributed by atoms with E-state index in [1.165, 1.54) is 19.2 Å². The summed E-state index contributed by atoms with van der Waals surface area (Å²) in [4.78, 5) is 12.4. The summed E-state index contributed by atoms with van der Waals surface area (Å²) < 4.78 is 20.6. The number of hydrogen-bond donors (Lipinski definition) is 1. The van der Waals surface area contributed by atoms with E-state index in [0.29, 0.717) is 27.7 Å². The first-order valence-corrected chi connectivity index (χ1v) is 8.13. The molecule has 0 aliphatic carbocycles. The minimum absolute atomic E-state index is 0.0784. The molecule has 0 amide bonds. The van der Waals surface area contributed by atoms with E-state index < -0.39 is 5.97 Å². The van der Waals surface area contributed by atoms with Crippen LogP contribution in [0.3, 0.4) is 0 Å². The van der Waals surface area contributed by atoms with Crippen molar-refractivity contribution in [2.75, 3.05) is 7.11 Å². The summed E-state index contributed by atoms with van der Waals surface area (Å²) in [5, 5.41) is 12.4. The number of rotatable bonds is 2. The SMILES string of the molecule is COC(=O)c1c(C)n(-c2cccc(F)c2)c2c1cc(O)c1ccccc12. The van der Waals surface area contributed by atoms with E-state index in [4.69, 9.17) is 4.74 Å². The fourth-order valence-corrected chi connectivity index (χ4v) is 3.54. The zero-order valence-electron chi connectivity index (χ0n) is 14.3. The Bertz CT molecular complexity index is 1180. The van der Waals surface area contributed by atoms with Crippen molar-refractivity contribution in [3.63, 3.8) is 0 Å². The first-order valence-electron chi connectivity index (χ1n) is 8.13. The highest BCUT2D eigenvalue weighted by atomic mass is 19.1. The number of esters is 1. The van der Waals surface area contributed by atoms with Crippen molar-refractivity contribution < 1.29 is 19.0 Å². The first-order chi connectivity index (χ1) is 12.5. The lowest BCUT2D eigenvalue weighted by Gasteiger charge is -2.11. The van der Waals surface area contributed by atoms with E-state index in [1.807, 2.05) is 22.8 Å². The number of methoxy groups -OCH3 is 1. The maximum Gasteiger partial charge on any atom is 0.340 e. The van der Waals surface area contributed by atoms with E-state index in [1.54, 1.807) is 31.2 Å². The van der Waals surface area contributed by atoms with Gasteiger partial charge in [-0.25, -0.2) is 9.18 Å². The molecule has 0 fully saturated rings. The van der Waals surface area contributed by atoms with Crippen LogP contribution < -0.4 is 0 Å². The fourth-order valence-electron chi connectivity index (χ4n) is 3.54. The summed E-state index contributed by atoms with van der Waals surface area (Å²) >= 11 is 0. The van der Waals surface area contributed by atoms with Crippen LogP contribution in [0.15, 0.2) is 54.6 Å². The molecule has 0 spiro atoms. The average Bonchev–Trinajstić information content (AvgIpc) is 2.93. The lowest BCUT2D eigenvalue weighted by atomic mass is 10.0. The largest absolute Gasteiger partial charge is 0.507 e. The minimum Gasteiger partial charge on any atom is -0.507 e. The Kier molecular flexibility index (Phi) is 3.65. The predicted octanol–water partition coefficient (Wildman–Crippen LogP) is 4.72. The third-order valence-corrected chi connectivity index (χ3v) is 4.64. The van der Waals surface area contributed by atoms with Gasteiger partial charge in [-0.3, -0.25) is 0 Å². The third kappa shape index (κ3) is 2.24. The number of carbonyl (C=O) groups is 1. The molecule has 1 heterocycles. The van der Waals surface area contributed by atoms with E-state index in [2.05, 4.69) is 0 Å². The quantitative estimate of drug-likeness (QED) is 0.533. The van der Waals surface area contributed by atoms with E-state index in [-0.39, 0.29) is 11.6 Å². The maximum atomic E-state index is 13.8. The molecule has 0 aliphatic rings. The summed E-state index contributed by atoms with van der Waals surface area (Å²) in [5.41, 5.74) is 2.29. The normalized spacial score (nSPS) is 11.2. The van der Waals surface area contributed by atoms with Crippen molar-refractivity contribution in [2.24, 2.45) is 0 Å². The molecule has 130 valence electrons. The lowest BCUT2D eigenvalue weighted by molar-refractivity contribution is 0.0602. The summed E-state index contributed by atoms with van der Waals surface area (Å²) in [6.07, 6.45) is 0. The molecule has 4 rings (SSSR count). The molecule has 1 aromatic heterocycles. The number of benzene rings is 3. The highest BCUT2D eigenvalue weighted by Gasteiger charge is 2.24. The van der Waals surface area contributed by atoms with Gasteiger partial charge in [-0.05, 0) is 31.2 Å². The molecule has 0 atom stereocenters. The topological polar surface area (TPSA) is 51.5 Å². The standard InChI is InChI=1S/C21H16FNO3/c1-12-19(21(25)26-2)17-11-18(24)15-8-3-4-9-16(15)20(17)23(12)14-7-5-6-13(22)10-14/h3-11,24H,1-2H3. The molecule has 0 saturated carbocycles. The van der Waals surface area contributed by atoms with Gasteiger partial charge in [-0.2, -0.15) is 0 Å². The van der Waals surface area contributed by atoms with Crippen LogP contribution in [0.25, 0.3) is 27.4 Å². The van der Waals surface area contributed by atoms with Gasteiger partial charge >= 0.3 is 5.97 Å². The molecule has 1 N–H and O–H groups in total. The number of phenolic OH excluding ortho intramolecular Hbond substituents is 1. The van der Waals surface area contributed by atoms with Gasteiger partial charge in [0.25, 0.3) is 0 Å². The zero-order chi connectivity index (χ0) is 18.4. The second-order valence-electron chi connectivity index (χ2n) is 6.10. The molecule has 3 aromatic carbocycles. The molecule has 0 radical (unpaired) electrons. The summed E-state index contributed by atoms with van der Waals surface area (Å²) in [5.74, 6) is -0.793. The molecule has 4 nitrogen and oxygen atoms in total. The van der Waals surface area contributed by atoms with Crippen LogP contribution in [0.5, 0.6) is 5.75 Å². The number of phenols is 1. The minimum atomic E-state index is -0.502. The number of aromatic hydroxyl groups is 1. The molecule has 0 saturated heterocycles. The van der Waals surface area contributed by atoms with Crippen LogP contribution in [0.4, 0.5) is 4.39 Å². The van der Waals surface area contributed by atoms with Gasteiger partial charge in [0.1, 0.15) is 11.6 Å². The third-order valence-electron chi connectivity index (χ3n) is 4.64. The van der Waals surface area contributed by atoms with Crippen molar-refractivity contribution in [1.29, 1.82) is 0 Å². The van der Waals surface area contributed by atoms with Crippen molar-refractivity contribution >= 4 is 27.6 Å². The van der Waals surface area contributed by atoms with Gasteiger partial charge in [0.05, 0.1) is 18.2 Å². The van der Waals surface area contributed by atoms with Gasteiger partial charge in [-0.15, -0.1) is 0 Å². The number of nitrogens with zero attached hydrogens (tertiary/aromatic N) is 1. The highest BCUT2D eigenvalue weighted by molar-refractivity contribution is 6.16. The summed E-state index contributed by atoms with van der Waals surface area (Å²) in [6.45, 7) is 1.78. The Morgan fingerprint density at radius 2 is 1.77 bits per heavy atom. The predicted molar refractivity (Wildman–Crippen MR) is 98.5 cm³/mol. The molecule has 0 unspecified atom stereocenters. The van der Waals surface area contributed by atoms with Crippen molar-refractivity contribution in [3.05, 3.63) is 71.7 Å². The Morgan fingerprint density at radius 3 is 2.46 bits per heavy atom. The van der Waals surface area contributed by atoms with Crippen LogP contribution in [0.2, 0.25) is 0 Å². The van der Waals surface area contributed by atoms with Crippen LogP contribution in [0.1, 0.15) is 16.1 Å². The van der Waals surface area contributed by atoms with Crippen molar-refractivity contribution in [1.82, 2.24) is 4.57 Å². The Hall–Kier alpha value is -3.34. The van der Waals surface area contributed by atoms with Gasteiger partial charge in [0.2, 0.25) is 0 Å². The smallest absolute Gasteiger partial charge is 0.340 e. The second kappa shape index (κ2) is 5.88. The Balaban J connectivity index is 2.25. The molecule has 26 heavy (non-hydrogen) atoms. The van der Waals surface area contributed by atoms with E-state index in [0.717, 1.165) is 10.9 Å². The zero-order valence-corrected chi connectivity index (χ0v) is 14.3. The van der Waals surface area contributed by atoms with E-state index >= 15 is 0 Å². The van der Waals surface area contributed by atoms with Gasteiger partial charge in [-0.1, -0.05) is 30.3 Å². The summed E-state index contributed by atoms with van der Waals surface area (Å²) in [7, 11) is 1.31. The van der Waals surface area contributed by atoms with Crippen molar-refractivity contribution in [3.8, 4) is 11.4 Å². The number of halogens is 1. The van der Waals surface area contributed by atoms with Gasteiger partial charge in [0.15, 0.2) is 0 Å². The Morgan fingerprint density at radius 1 is 1.04 bits per heavy atom. The van der Waals surface area contributed by atoms with E-state index in [9.17, 15) is 14.3 Å².